The van der Waals surface area contributed by atoms with Gasteiger partial charge in [0.15, 0.2) is 0 Å². The number of β-lactam (4-membered cyclic amide) rings is 1. The number of carbonyl (C=O) groups excluding carboxylic acids is 4. The van der Waals surface area contributed by atoms with Gasteiger partial charge in [-0.3, -0.25) is 19.3 Å². The SMILES string of the molecule is CC(C)(C)OC(=O)CC(C(=O)NCCc1cccc(C(F)(F)F)c1)N1C(=O)C(N2C(=O)OC[C@@H]2c2ccccc2)C1C=Cc1ccccc1. The normalized spacial score (nSPS) is 20.2. The second-order valence-electron chi connectivity index (χ2n) is 12.9. The summed E-state index contributed by atoms with van der Waals surface area (Å²) in [6.45, 7) is 4.99. The van der Waals surface area contributed by atoms with Crippen LogP contribution in [-0.2, 0) is 36.5 Å². The number of rotatable bonds is 11. The first-order valence-electron chi connectivity index (χ1n) is 15.9. The molecule has 2 heterocycles. The molecule has 0 aromatic heterocycles. The molecular weight excluding hydrogens is 639 g/mol. The monoisotopic (exact) mass is 677 g/mol. The third kappa shape index (κ3) is 8.48. The van der Waals surface area contributed by atoms with Crippen LogP contribution in [0.2, 0.25) is 0 Å². The number of benzene rings is 3. The minimum Gasteiger partial charge on any atom is -0.460 e. The van der Waals surface area contributed by atoms with Crippen LogP contribution in [0.5, 0.6) is 0 Å². The smallest absolute Gasteiger partial charge is 0.416 e. The zero-order valence-corrected chi connectivity index (χ0v) is 27.4. The second kappa shape index (κ2) is 14.6. The molecule has 3 unspecified atom stereocenters. The Kier molecular flexibility index (Phi) is 10.4. The molecule has 2 saturated heterocycles. The van der Waals surface area contributed by atoms with Crippen molar-refractivity contribution in [2.45, 2.75) is 69.6 Å². The maximum Gasteiger partial charge on any atom is 0.416 e. The Morgan fingerprint density at radius 1 is 0.980 bits per heavy atom. The van der Waals surface area contributed by atoms with Gasteiger partial charge >= 0.3 is 18.2 Å². The Morgan fingerprint density at radius 2 is 1.65 bits per heavy atom. The fraction of sp³-hybridized carbons (Fsp3) is 0.351. The van der Waals surface area contributed by atoms with E-state index < -0.39 is 71.8 Å². The fourth-order valence-corrected chi connectivity index (χ4v) is 6.01. The molecule has 2 fully saturated rings. The number of nitrogens with one attached hydrogen (secondary N) is 1. The van der Waals surface area contributed by atoms with Crippen molar-refractivity contribution < 1.29 is 41.8 Å². The summed E-state index contributed by atoms with van der Waals surface area (Å²) in [5, 5.41) is 2.70. The van der Waals surface area contributed by atoms with Crippen molar-refractivity contribution in [3.8, 4) is 0 Å². The van der Waals surface area contributed by atoms with Crippen LogP contribution in [0.25, 0.3) is 6.08 Å². The van der Waals surface area contributed by atoms with Gasteiger partial charge in [-0.15, -0.1) is 0 Å². The highest BCUT2D eigenvalue weighted by atomic mass is 19.4. The molecule has 3 aromatic rings. The number of likely N-dealkylation sites (tertiary alicyclic amines) is 1. The third-order valence-electron chi connectivity index (χ3n) is 8.22. The van der Waals surface area contributed by atoms with E-state index in [0.29, 0.717) is 5.56 Å². The molecule has 0 spiro atoms. The van der Waals surface area contributed by atoms with E-state index in [4.69, 9.17) is 9.47 Å². The van der Waals surface area contributed by atoms with E-state index in [1.807, 2.05) is 60.7 Å². The Morgan fingerprint density at radius 3 is 2.31 bits per heavy atom. The average Bonchev–Trinajstić information content (AvgIpc) is 3.42. The molecule has 2 aliphatic rings. The van der Waals surface area contributed by atoms with Crippen molar-refractivity contribution in [3.63, 3.8) is 0 Å². The molecule has 258 valence electrons. The summed E-state index contributed by atoms with van der Waals surface area (Å²) in [6.07, 6.45) is -2.14. The number of cyclic esters (lactones) is 1. The predicted octanol–water partition coefficient (Wildman–Crippen LogP) is 5.95. The van der Waals surface area contributed by atoms with Crippen molar-refractivity contribution in [2.24, 2.45) is 0 Å². The summed E-state index contributed by atoms with van der Waals surface area (Å²) in [7, 11) is 0. The molecule has 2 aliphatic heterocycles. The van der Waals surface area contributed by atoms with Gasteiger partial charge < -0.3 is 19.7 Å². The first-order chi connectivity index (χ1) is 23.2. The highest BCUT2D eigenvalue weighted by Gasteiger charge is 2.58. The Bertz CT molecular complexity index is 1690. The molecule has 4 atom stereocenters. The van der Waals surface area contributed by atoms with Gasteiger partial charge in [-0.1, -0.05) is 91.0 Å². The van der Waals surface area contributed by atoms with Gasteiger partial charge in [-0.25, -0.2) is 4.79 Å². The number of hydrogen-bond acceptors (Lipinski definition) is 6. The molecule has 0 aliphatic carbocycles. The number of nitrogens with zero attached hydrogens (tertiary/aromatic N) is 2. The lowest BCUT2D eigenvalue weighted by atomic mass is 9.87. The second-order valence-corrected chi connectivity index (χ2v) is 12.9. The van der Waals surface area contributed by atoms with E-state index in [0.717, 1.165) is 23.3 Å². The van der Waals surface area contributed by atoms with Gasteiger partial charge in [-0.05, 0) is 49.9 Å². The first kappa shape index (κ1) is 35.2. The average molecular weight is 678 g/mol. The Labute approximate surface area is 282 Å². The Hall–Kier alpha value is -5.13. The summed E-state index contributed by atoms with van der Waals surface area (Å²) in [5.41, 5.74) is 0.236. The molecule has 9 nitrogen and oxygen atoms in total. The van der Waals surface area contributed by atoms with Crippen LogP contribution in [0.15, 0.2) is 91.0 Å². The van der Waals surface area contributed by atoms with Crippen LogP contribution >= 0.6 is 0 Å². The van der Waals surface area contributed by atoms with Crippen LogP contribution in [-0.4, -0.2) is 70.6 Å². The highest BCUT2D eigenvalue weighted by molar-refractivity contribution is 5.99. The molecule has 0 radical (unpaired) electrons. The number of carbonyl (C=O) groups is 4. The molecule has 0 saturated carbocycles. The number of esters is 1. The lowest BCUT2D eigenvalue weighted by Gasteiger charge is -2.52. The molecule has 49 heavy (non-hydrogen) atoms. The molecule has 5 rings (SSSR count). The number of hydrogen-bond donors (Lipinski definition) is 1. The van der Waals surface area contributed by atoms with Gasteiger partial charge in [-0.2, -0.15) is 13.2 Å². The zero-order chi connectivity index (χ0) is 35.3. The number of ether oxygens (including phenoxy) is 2. The van der Waals surface area contributed by atoms with Crippen molar-refractivity contribution in [1.29, 1.82) is 0 Å². The van der Waals surface area contributed by atoms with E-state index in [2.05, 4.69) is 5.32 Å². The highest BCUT2D eigenvalue weighted by Crippen LogP contribution is 2.39. The van der Waals surface area contributed by atoms with Crippen molar-refractivity contribution in [2.75, 3.05) is 13.2 Å². The summed E-state index contributed by atoms with van der Waals surface area (Å²) in [6, 6.07) is 19.4. The van der Waals surface area contributed by atoms with E-state index in [9.17, 15) is 32.3 Å². The lowest BCUT2D eigenvalue weighted by Crippen LogP contribution is -2.74. The summed E-state index contributed by atoms with van der Waals surface area (Å²) in [4.78, 5) is 56.9. The fourth-order valence-electron chi connectivity index (χ4n) is 6.01. The summed E-state index contributed by atoms with van der Waals surface area (Å²) < 4.78 is 50.6. The van der Waals surface area contributed by atoms with Crippen LogP contribution < -0.4 is 5.32 Å². The van der Waals surface area contributed by atoms with E-state index in [1.165, 1.54) is 21.9 Å². The number of halogens is 3. The molecular formula is C37H38F3N3O6. The topological polar surface area (TPSA) is 105 Å². The Balaban J connectivity index is 1.44. The van der Waals surface area contributed by atoms with E-state index >= 15 is 0 Å². The van der Waals surface area contributed by atoms with Crippen LogP contribution in [0, 0.1) is 0 Å². The molecule has 3 aromatic carbocycles. The van der Waals surface area contributed by atoms with Crippen molar-refractivity contribution in [3.05, 3.63) is 113 Å². The van der Waals surface area contributed by atoms with Crippen molar-refractivity contribution >= 4 is 30.0 Å². The molecule has 3 amide bonds. The van der Waals surface area contributed by atoms with Gasteiger partial charge in [0.05, 0.1) is 24.1 Å². The van der Waals surface area contributed by atoms with Gasteiger partial charge in [0.2, 0.25) is 11.8 Å². The standard InChI is InChI=1S/C37H38F3N3O6/c1-36(2,3)49-31(44)22-29(33(45)41-20-19-25-13-10-16-27(21-25)37(38,39)40)42-28(18-17-24-11-6-4-7-12-24)32(34(42)46)43-30(23-48-35(43)47)26-14-8-5-9-15-26/h4-18,21,28-30,32H,19-20,22-23H2,1-3H3,(H,41,45)/t28?,29?,30-,32?/m1/s1. The van der Waals surface area contributed by atoms with Gasteiger partial charge in [0, 0.05) is 6.54 Å². The maximum atomic E-state index is 14.1. The van der Waals surface area contributed by atoms with Gasteiger partial charge in [0.1, 0.15) is 24.3 Å². The number of amides is 3. The predicted molar refractivity (Wildman–Crippen MR) is 175 cm³/mol. The third-order valence-corrected chi connectivity index (χ3v) is 8.22. The van der Waals surface area contributed by atoms with Gasteiger partial charge in [0.25, 0.3) is 0 Å². The minimum atomic E-state index is -4.52. The van der Waals surface area contributed by atoms with Crippen LogP contribution in [0.4, 0.5) is 18.0 Å². The minimum absolute atomic E-state index is 0.0269. The number of alkyl halides is 3. The molecule has 1 N–H and O–H groups in total. The van der Waals surface area contributed by atoms with E-state index in [1.54, 1.807) is 32.9 Å². The zero-order valence-electron chi connectivity index (χ0n) is 27.4. The van der Waals surface area contributed by atoms with Crippen LogP contribution in [0.3, 0.4) is 0 Å². The largest absolute Gasteiger partial charge is 0.460 e. The van der Waals surface area contributed by atoms with Crippen LogP contribution in [0.1, 0.15) is 55.5 Å². The maximum absolute atomic E-state index is 14.1. The van der Waals surface area contributed by atoms with Crippen molar-refractivity contribution in [1.82, 2.24) is 15.1 Å². The van der Waals surface area contributed by atoms with E-state index in [-0.39, 0.29) is 19.6 Å². The molecule has 12 heteroatoms. The summed E-state index contributed by atoms with van der Waals surface area (Å²) in [5.74, 6) is -1.98. The summed E-state index contributed by atoms with van der Waals surface area (Å²) >= 11 is 0. The first-order valence-corrected chi connectivity index (χ1v) is 15.9. The lowest BCUT2D eigenvalue weighted by molar-refractivity contribution is -0.168. The quantitative estimate of drug-likeness (QED) is 0.199. The molecule has 0 bridgehead atoms.